The van der Waals surface area contributed by atoms with Crippen LogP contribution in [0.3, 0.4) is 0 Å². The van der Waals surface area contributed by atoms with Crippen molar-refractivity contribution >= 4 is 23.3 Å². The fourth-order valence-electron chi connectivity index (χ4n) is 4.39. The SMILES string of the molecule is C[C@@H]1CN(Cc2ccc(F)cc2)[C@@H](C)CN1C(=O)COc1ccc(Cl)cc1C(=O)Cc1c(O)o[nH]c1=O. The summed E-state index contributed by atoms with van der Waals surface area (Å²) in [6.07, 6.45) is -0.438. The predicted molar refractivity (Wildman–Crippen MR) is 133 cm³/mol. The quantitative estimate of drug-likeness (QED) is 0.428. The van der Waals surface area contributed by atoms with E-state index in [0.29, 0.717) is 19.6 Å². The highest BCUT2D eigenvalue weighted by molar-refractivity contribution is 6.31. The number of ketones is 1. The van der Waals surface area contributed by atoms with Crippen LogP contribution in [0.5, 0.6) is 11.7 Å². The highest BCUT2D eigenvalue weighted by Crippen LogP contribution is 2.26. The Labute approximate surface area is 217 Å². The van der Waals surface area contributed by atoms with Crippen LogP contribution in [0.15, 0.2) is 51.8 Å². The number of benzene rings is 2. The molecule has 0 saturated carbocycles. The van der Waals surface area contributed by atoms with Crippen molar-refractivity contribution in [2.45, 2.75) is 38.9 Å². The summed E-state index contributed by atoms with van der Waals surface area (Å²) in [6, 6.07) is 10.8. The Morgan fingerprint density at radius 3 is 2.57 bits per heavy atom. The average Bonchev–Trinajstić information content (AvgIpc) is 3.18. The molecule has 2 atom stereocenters. The number of halogens is 2. The molecule has 9 nitrogen and oxygen atoms in total. The van der Waals surface area contributed by atoms with Gasteiger partial charge in [-0.2, -0.15) is 5.16 Å². The summed E-state index contributed by atoms with van der Waals surface area (Å²) in [6.45, 7) is 5.45. The van der Waals surface area contributed by atoms with Crippen molar-refractivity contribution in [3.05, 3.63) is 80.3 Å². The fourth-order valence-corrected chi connectivity index (χ4v) is 4.56. The summed E-state index contributed by atoms with van der Waals surface area (Å²) < 4.78 is 23.5. The van der Waals surface area contributed by atoms with Gasteiger partial charge < -0.3 is 19.3 Å². The largest absolute Gasteiger partial charge is 0.483 e. The van der Waals surface area contributed by atoms with Crippen LogP contribution in [0, 0.1) is 5.82 Å². The van der Waals surface area contributed by atoms with Gasteiger partial charge in [-0.3, -0.25) is 19.3 Å². The lowest BCUT2D eigenvalue weighted by atomic mass is 10.0. The number of H-pyrrole nitrogens is 1. The van der Waals surface area contributed by atoms with Gasteiger partial charge in [-0.05, 0) is 49.7 Å². The number of rotatable bonds is 8. The predicted octanol–water partition coefficient (Wildman–Crippen LogP) is 3.39. The molecule has 2 aromatic carbocycles. The molecule has 196 valence electrons. The molecule has 0 spiro atoms. The molecule has 0 bridgehead atoms. The van der Waals surface area contributed by atoms with Gasteiger partial charge in [0.2, 0.25) is 0 Å². The molecule has 3 aromatic rings. The number of hydrogen-bond acceptors (Lipinski definition) is 7. The molecular formula is C26H27ClFN3O6. The van der Waals surface area contributed by atoms with Crippen molar-refractivity contribution in [1.82, 2.24) is 15.0 Å². The third kappa shape index (κ3) is 6.20. The monoisotopic (exact) mass is 531 g/mol. The van der Waals surface area contributed by atoms with E-state index in [0.717, 1.165) is 5.56 Å². The third-order valence-electron chi connectivity index (χ3n) is 6.44. The van der Waals surface area contributed by atoms with Crippen LogP contribution in [-0.4, -0.2) is 63.5 Å². The Kier molecular flexibility index (Phi) is 7.99. The van der Waals surface area contributed by atoms with E-state index in [1.54, 1.807) is 17.0 Å². The number of carbonyl (C=O) groups excluding carboxylic acids is 2. The van der Waals surface area contributed by atoms with Gasteiger partial charge in [0.05, 0.1) is 5.56 Å². The van der Waals surface area contributed by atoms with E-state index in [4.69, 9.17) is 16.3 Å². The van der Waals surface area contributed by atoms with Gasteiger partial charge in [0.1, 0.15) is 17.1 Å². The molecule has 1 aliphatic rings. The molecule has 37 heavy (non-hydrogen) atoms. The van der Waals surface area contributed by atoms with Crippen molar-refractivity contribution in [3.63, 3.8) is 0 Å². The number of Topliss-reactive ketones (excluding diaryl/α,β-unsaturated/α-hetero) is 1. The van der Waals surface area contributed by atoms with E-state index < -0.39 is 23.7 Å². The first kappa shape index (κ1) is 26.4. The number of aromatic amines is 1. The summed E-state index contributed by atoms with van der Waals surface area (Å²) >= 11 is 6.06. The normalized spacial score (nSPS) is 18.1. The van der Waals surface area contributed by atoms with Gasteiger partial charge in [0.25, 0.3) is 11.5 Å². The lowest BCUT2D eigenvalue weighted by Gasteiger charge is -2.44. The first-order valence-corrected chi connectivity index (χ1v) is 12.1. The number of ether oxygens (including phenoxy) is 1. The molecule has 1 aliphatic heterocycles. The highest BCUT2D eigenvalue weighted by Gasteiger charge is 2.32. The number of amides is 1. The number of nitrogens with zero attached hydrogens (tertiary/aromatic N) is 2. The summed E-state index contributed by atoms with van der Waals surface area (Å²) in [4.78, 5) is 41.7. The minimum Gasteiger partial charge on any atom is -0.483 e. The Bertz CT molecular complexity index is 1340. The van der Waals surface area contributed by atoms with E-state index in [-0.39, 0.29) is 52.3 Å². The van der Waals surface area contributed by atoms with Crippen LogP contribution in [0.4, 0.5) is 4.39 Å². The minimum absolute atomic E-state index is 0.0682. The van der Waals surface area contributed by atoms with Crippen molar-refractivity contribution in [2.75, 3.05) is 19.7 Å². The molecule has 0 radical (unpaired) electrons. The molecule has 2 heterocycles. The van der Waals surface area contributed by atoms with Crippen molar-refractivity contribution < 1.29 is 28.3 Å². The Morgan fingerprint density at radius 1 is 1.16 bits per heavy atom. The first-order chi connectivity index (χ1) is 17.6. The van der Waals surface area contributed by atoms with E-state index in [2.05, 4.69) is 9.42 Å². The molecule has 1 aromatic heterocycles. The Morgan fingerprint density at radius 2 is 1.89 bits per heavy atom. The number of hydrogen-bond donors (Lipinski definition) is 2. The van der Waals surface area contributed by atoms with Gasteiger partial charge in [0, 0.05) is 43.2 Å². The van der Waals surface area contributed by atoms with E-state index in [1.807, 2.05) is 19.0 Å². The van der Waals surface area contributed by atoms with Gasteiger partial charge in [-0.15, -0.1) is 0 Å². The van der Waals surface area contributed by atoms with Gasteiger partial charge in [0.15, 0.2) is 12.4 Å². The molecular weight excluding hydrogens is 505 g/mol. The molecule has 4 rings (SSSR count). The lowest BCUT2D eigenvalue weighted by Crippen LogP contribution is -2.58. The van der Waals surface area contributed by atoms with E-state index in [9.17, 15) is 23.9 Å². The second kappa shape index (κ2) is 11.2. The molecule has 0 unspecified atom stereocenters. The zero-order chi connectivity index (χ0) is 26.7. The molecule has 1 saturated heterocycles. The lowest BCUT2D eigenvalue weighted by molar-refractivity contribution is -0.139. The van der Waals surface area contributed by atoms with E-state index in [1.165, 1.54) is 30.3 Å². The number of nitrogens with one attached hydrogen (secondary N) is 1. The number of aromatic hydroxyl groups is 1. The summed E-state index contributed by atoms with van der Waals surface area (Å²) in [5.41, 5.74) is 0.139. The average molecular weight is 532 g/mol. The van der Waals surface area contributed by atoms with Crippen LogP contribution < -0.4 is 10.3 Å². The molecule has 0 aliphatic carbocycles. The van der Waals surface area contributed by atoms with Crippen LogP contribution in [-0.2, 0) is 17.8 Å². The van der Waals surface area contributed by atoms with Crippen molar-refractivity contribution in [3.8, 4) is 11.7 Å². The molecule has 11 heteroatoms. The van der Waals surface area contributed by atoms with Crippen molar-refractivity contribution in [2.24, 2.45) is 0 Å². The zero-order valence-corrected chi connectivity index (χ0v) is 21.1. The van der Waals surface area contributed by atoms with Gasteiger partial charge >= 0.3 is 5.95 Å². The topological polar surface area (TPSA) is 116 Å². The first-order valence-electron chi connectivity index (χ1n) is 11.7. The highest BCUT2D eigenvalue weighted by atomic mass is 35.5. The smallest absolute Gasteiger partial charge is 0.313 e. The van der Waals surface area contributed by atoms with E-state index >= 15 is 0 Å². The maximum absolute atomic E-state index is 13.2. The maximum Gasteiger partial charge on any atom is 0.313 e. The summed E-state index contributed by atoms with van der Waals surface area (Å²) in [5, 5.41) is 11.9. The third-order valence-corrected chi connectivity index (χ3v) is 6.67. The summed E-state index contributed by atoms with van der Waals surface area (Å²) in [5.74, 6) is -1.58. The second-order valence-electron chi connectivity index (χ2n) is 9.15. The van der Waals surface area contributed by atoms with Crippen LogP contribution in [0.25, 0.3) is 0 Å². The van der Waals surface area contributed by atoms with Gasteiger partial charge in [-0.1, -0.05) is 23.7 Å². The van der Waals surface area contributed by atoms with Crippen LogP contribution in [0.1, 0.15) is 35.3 Å². The standard InChI is InChI=1S/C26H27ClFN3O6/c1-15-12-31(16(2)11-30(15)13-17-3-6-19(28)7-4-17)24(33)14-36-23-8-5-18(27)9-20(23)22(32)10-21-25(34)29-37-26(21)35/h3-9,15-16,35H,10-14H2,1-2H3,(H,29,34)/t15-,16+/m0/s1. The molecule has 2 N–H and O–H groups in total. The van der Waals surface area contributed by atoms with Gasteiger partial charge in [-0.25, -0.2) is 4.39 Å². The van der Waals surface area contributed by atoms with Crippen molar-refractivity contribution in [1.29, 1.82) is 0 Å². The molecule has 1 fully saturated rings. The molecule has 1 amide bonds. The number of aromatic nitrogens is 1. The maximum atomic E-state index is 13.2. The van der Waals surface area contributed by atoms with Crippen LogP contribution in [0.2, 0.25) is 5.02 Å². The fraction of sp³-hybridized carbons (Fsp3) is 0.346. The number of carbonyl (C=O) groups is 2. The minimum atomic E-state index is -0.716. The Balaban J connectivity index is 1.39. The van der Waals surface area contributed by atoms with Crippen LogP contribution >= 0.6 is 11.6 Å². The summed E-state index contributed by atoms with van der Waals surface area (Å²) in [7, 11) is 0. The second-order valence-corrected chi connectivity index (χ2v) is 9.58. The zero-order valence-electron chi connectivity index (χ0n) is 20.4. The number of piperazine rings is 1. The Hall–Kier alpha value is -3.63.